The summed E-state index contributed by atoms with van der Waals surface area (Å²) in [6.07, 6.45) is -4.36. The van der Waals surface area contributed by atoms with E-state index in [1.54, 1.807) is 0 Å². The number of halogens is 3. The van der Waals surface area contributed by atoms with E-state index < -0.39 is 18.7 Å². The van der Waals surface area contributed by atoms with Gasteiger partial charge in [-0.1, -0.05) is 13.8 Å². The number of H-pyrrole nitrogens is 1. The maximum absolute atomic E-state index is 11.7. The summed E-state index contributed by atoms with van der Waals surface area (Å²) in [5, 5.41) is 8.67. The predicted octanol–water partition coefficient (Wildman–Crippen LogP) is 1.24. The van der Waals surface area contributed by atoms with Crippen molar-refractivity contribution in [3.63, 3.8) is 0 Å². The zero-order valence-electron chi connectivity index (χ0n) is 10.5. The smallest absolute Gasteiger partial charge is 0.370 e. The summed E-state index contributed by atoms with van der Waals surface area (Å²) in [4.78, 5) is 15.5. The Hall–Kier alpha value is -1.64. The second-order valence-corrected chi connectivity index (χ2v) is 4.12. The average molecular weight is 280 g/mol. The molecule has 0 bridgehead atoms. The van der Waals surface area contributed by atoms with Crippen molar-refractivity contribution >= 4 is 5.91 Å². The molecule has 6 nitrogen and oxygen atoms in total. The van der Waals surface area contributed by atoms with E-state index in [0.717, 1.165) is 0 Å². The summed E-state index contributed by atoms with van der Waals surface area (Å²) >= 11 is 0. The molecule has 19 heavy (non-hydrogen) atoms. The molecule has 0 aliphatic carbocycles. The molecule has 0 atom stereocenters. The van der Waals surface area contributed by atoms with Gasteiger partial charge in [0.1, 0.15) is 12.4 Å². The van der Waals surface area contributed by atoms with Gasteiger partial charge in [0, 0.05) is 12.5 Å². The number of hydrogen-bond acceptors (Lipinski definition) is 4. The quantitative estimate of drug-likeness (QED) is 0.768. The van der Waals surface area contributed by atoms with E-state index in [-0.39, 0.29) is 24.9 Å². The van der Waals surface area contributed by atoms with Gasteiger partial charge in [-0.15, -0.1) is 5.10 Å². The van der Waals surface area contributed by atoms with Crippen LogP contribution in [0.5, 0.6) is 0 Å². The van der Waals surface area contributed by atoms with Crippen LogP contribution in [0.15, 0.2) is 0 Å². The van der Waals surface area contributed by atoms with Gasteiger partial charge in [-0.05, 0) is 0 Å². The Morgan fingerprint density at radius 2 is 2.16 bits per heavy atom. The van der Waals surface area contributed by atoms with Crippen molar-refractivity contribution in [1.29, 1.82) is 0 Å². The molecule has 0 radical (unpaired) electrons. The van der Waals surface area contributed by atoms with Crippen molar-refractivity contribution in [3.05, 3.63) is 11.6 Å². The fourth-order valence-corrected chi connectivity index (χ4v) is 1.14. The Morgan fingerprint density at radius 1 is 1.47 bits per heavy atom. The number of aromatic amines is 1. The Bertz CT molecular complexity index is 417. The van der Waals surface area contributed by atoms with Gasteiger partial charge in [-0.3, -0.25) is 9.89 Å². The monoisotopic (exact) mass is 280 g/mol. The molecule has 0 spiro atoms. The molecule has 0 aliphatic rings. The highest BCUT2D eigenvalue weighted by Crippen LogP contribution is 2.13. The minimum atomic E-state index is -4.36. The lowest BCUT2D eigenvalue weighted by molar-refractivity contribution is -0.173. The molecule has 1 heterocycles. The largest absolute Gasteiger partial charge is 0.411 e. The van der Waals surface area contributed by atoms with Crippen LogP contribution in [0.2, 0.25) is 0 Å². The third kappa shape index (κ3) is 5.69. The number of nitrogens with one attached hydrogen (secondary N) is 2. The molecule has 0 unspecified atom stereocenters. The van der Waals surface area contributed by atoms with Gasteiger partial charge in [0.25, 0.3) is 5.91 Å². The lowest BCUT2D eigenvalue weighted by atomic mass is 10.2. The molecule has 108 valence electrons. The third-order valence-corrected chi connectivity index (χ3v) is 2.05. The van der Waals surface area contributed by atoms with Gasteiger partial charge in [-0.25, -0.2) is 4.98 Å². The standard InChI is InChI=1S/C10H15F3N4O2/c1-6(2)7-15-8(17-16-7)9(18)14-3-4-19-5-10(11,12)13/h6H,3-5H2,1-2H3,(H,14,18)(H,15,16,17). The molecular formula is C10H15F3N4O2. The molecule has 0 aliphatic heterocycles. The normalized spacial score (nSPS) is 11.9. The van der Waals surface area contributed by atoms with Crippen molar-refractivity contribution in [3.8, 4) is 0 Å². The van der Waals surface area contributed by atoms with Crippen molar-refractivity contribution in [2.75, 3.05) is 19.8 Å². The van der Waals surface area contributed by atoms with Crippen molar-refractivity contribution < 1.29 is 22.7 Å². The first-order chi connectivity index (χ1) is 8.79. The number of rotatable bonds is 6. The first-order valence-corrected chi connectivity index (χ1v) is 5.64. The number of carbonyl (C=O) groups is 1. The molecule has 0 aromatic carbocycles. The molecule has 9 heteroatoms. The summed E-state index contributed by atoms with van der Waals surface area (Å²) in [5.41, 5.74) is 0. The molecule has 0 fully saturated rings. The van der Waals surface area contributed by atoms with Gasteiger partial charge in [0.2, 0.25) is 5.82 Å². The second kappa shape index (κ2) is 6.50. The van der Waals surface area contributed by atoms with Crippen molar-refractivity contribution in [1.82, 2.24) is 20.5 Å². The zero-order valence-corrected chi connectivity index (χ0v) is 10.5. The number of aromatic nitrogens is 3. The Morgan fingerprint density at radius 3 is 2.68 bits per heavy atom. The molecule has 1 aromatic heterocycles. The van der Waals surface area contributed by atoms with E-state index in [4.69, 9.17) is 0 Å². The van der Waals surface area contributed by atoms with Crippen LogP contribution in [-0.4, -0.2) is 47.0 Å². The number of hydrogen-bond donors (Lipinski definition) is 2. The first-order valence-electron chi connectivity index (χ1n) is 5.64. The van der Waals surface area contributed by atoms with E-state index in [0.29, 0.717) is 5.82 Å². The minimum absolute atomic E-state index is 0.0412. The minimum Gasteiger partial charge on any atom is -0.370 e. The molecule has 1 amide bonds. The fourth-order valence-electron chi connectivity index (χ4n) is 1.14. The number of nitrogens with zero attached hydrogens (tertiary/aromatic N) is 2. The number of carbonyl (C=O) groups excluding carboxylic acids is 1. The first kappa shape index (κ1) is 15.4. The van der Waals surface area contributed by atoms with Crippen LogP contribution >= 0.6 is 0 Å². The molecule has 1 aromatic rings. The number of alkyl halides is 3. The lowest BCUT2D eigenvalue weighted by Crippen LogP contribution is -2.29. The molecule has 2 N–H and O–H groups in total. The molecular weight excluding hydrogens is 265 g/mol. The van der Waals surface area contributed by atoms with Crippen molar-refractivity contribution in [2.24, 2.45) is 0 Å². The van der Waals surface area contributed by atoms with Crippen LogP contribution in [0, 0.1) is 0 Å². The van der Waals surface area contributed by atoms with Gasteiger partial charge in [0.05, 0.1) is 6.61 Å². The SMILES string of the molecule is CC(C)c1nc(C(=O)NCCOCC(F)(F)F)n[nH]1. The van der Waals surface area contributed by atoms with Crippen LogP contribution < -0.4 is 5.32 Å². The zero-order chi connectivity index (χ0) is 14.5. The summed E-state index contributed by atoms with van der Waals surface area (Å²) < 4.78 is 39.6. The highest BCUT2D eigenvalue weighted by Gasteiger charge is 2.27. The average Bonchev–Trinajstić information content (AvgIpc) is 2.76. The Balaban J connectivity index is 2.27. The third-order valence-electron chi connectivity index (χ3n) is 2.05. The lowest BCUT2D eigenvalue weighted by Gasteiger charge is -2.07. The highest BCUT2D eigenvalue weighted by molar-refractivity contribution is 5.90. The van der Waals surface area contributed by atoms with E-state index in [1.807, 2.05) is 13.8 Å². The summed E-state index contributed by atoms with van der Waals surface area (Å²) in [6.45, 7) is 2.16. The number of amides is 1. The number of ether oxygens (including phenoxy) is 1. The Kier molecular flexibility index (Phi) is 5.28. The van der Waals surface area contributed by atoms with Gasteiger partial charge in [-0.2, -0.15) is 13.2 Å². The Labute approximate surface area is 107 Å². The van der Waals surface area contributed by atoms with Crippen LogP contribution in [0.3, 0.4) is 0 Å². The van der Waals surface area contributed by atoms with Crippen LogP contribution in [-0.2, 0) is 4.74 Å². The summed E-state index contributed by atoms with van der Waals surface area (Å²) in [7, 11) is 0. The molecule has 0 saturated carbocycles. The van der Waals surface area contributed by atoms with Gasteiger partial charge in [0.15, 0.2) is 0 Å². The second-order valence-electron chi connectivity index (χ2n) is 4.12. The van der Waals surface area contributed by atoms with E-state index in [9.17, 15) is 18.0 Å². The topological polar surface area (TPSA) is 79.9 Å². The summed E-state index contributed by atoms with van der Waals surface area (Å²) in [5.74, 6) is 0.0703. The van der Waals surface area contributed by atoms with Crippen molar-refractivity contribution in [2.45, 2.75) is 25.9 Å². The highest BCUT2D eigenvalue weighted by atomic mass is 19.4. The predicted molar refractivity (Wildman–Crippen MR) is 59.7 cm³/mol. The fraction of sp³-hybridized carbons (Fsp3) is 0.700. The van der Waals surface area contributed by atoms with Crippen LogP contribution in [0.4, 0.5) is 13.2 Å². The molecule has 0 saturated heterocycles. The van der Waals surface area contributed by atoms with E-state index in [2.05, 4.69) is 25.2 Å². The van der Waals surface area contributed by atoms with E-state index >= 15 is 0 Å². The van der Waals surface area contributed by atoms with Crippen LogP contribution in [0.1, 0.15) is 36.2 Å². The maximum atomic E-state index is 11.7. The van der Waals surface area contributed by atoms with E-state index in [1.165, 1.54) is 0 Å². The summed E-state index contributed by atoms with van der Waals surface area (Å²) in [6, 6.07) is 0. The molecule has 1 rings (SSSR count). The van der Waals surface area contributed by atoms with Gasteiger partial charge >= 0.3 is 6.18 Å². The maximum Gasteiger partial charge on any atom is 0.411 e. The van der Waals surface area contributed by atoms with Crippen LogP contribution in [0.25, 0.3) is 0 Å². The van der Waals surface area contributed by atoms with Gasteiger partial charge < -0.3 is 10.1 Å².